The second kappa shape index (κ2) is 11.2. The third-order valence-electron chi connectivity index (χ3n) is 6.45. The van der Waals surface area contributed by atoms with Gasteiger partial charge >= 0.3 is 0 Å². The number of aromatic nitrogens is 5. The van der Waals surface area contributed by atoms with Crippen LogP contribution >= 0.6 is 11.6 Å². The van der Waals surface area contributed by atoms with Crippen LogP contribution in [0.3, 0.4) is 0 Å². The van der Waals surface area contributed by atoms with E-state index in [0.717, 1.165) is 61.3 Å². The van der Waals surface area contributed by atoms with Gasteiger partial charge in [0, 0.05) is 36.4 Å². The van der Waals surface area contributed by atoms with E-state index in [4.69, 9.17) is 21.4 Å². The molecule has 3 aromatic heterocycles. The van der Waals surface area contributed by atoms with E-state index < -0.39 is 0 Å². The molecule has 1 aliphatic heterocycles. The molecule has 0 atom stereocenters. The van der Waals surface area contributed by atoms with Crippen LogP contribution in [0.1, 0.15) is 30.0 Å². The summed E-state index contributed by atoms with van der Waals surface area (Å²) in [5.74, 6) is 2.03. The number of nitrogens with one attached hydrogen (secondary N) is 4. The Kier molecular flexibility index (Phi) is 7.57. The number of H-pyrrole nitrogens is 1. The lowest BCUT2D eigenvalue weighted by molar-refractivity contribution is 0.0790. The number of hydrogen-bond acceptors (Lipinski definition) is 9. The molecule has 0 saturated carbocycles. The molecular weight excluding hydrogens is 478 g/mol. The monoisotopic (exact) mass is 507 g/mol. The van der Waals surface area contributed by atoms with E-state index in [-0.39, 0.29) is 0 Å². The second-order valence-electron chi connectivity index (χ2n) is 8.89. The Bertz CT molecular complexity index is 1320. The van der Waals surface area contributed by atoms with E-state index >= 15 is 0 Å². The first-order valence-electron chi connectivity index (χ1n) is 12.0. The number of benzene rings is 1. The zero-order valence-corrected chi connectivity index (χ0v) is 21.1. The molecule has 5 rings (SSSR count). The summed E-state index contributed by atoms with van der Waals surface area (Å²) in [5, 5.41) is 15.1. The average Bonchev–Trinajstić information content (AvgIpc) is 3.31. The van der Waals surface area contributed by atoms with Crippen molar-refractivity contribution in [2.45, 2.75) is 25.7 Å². The third kappa shape index (κ3) is 5.57. The minimum Gasteiger partial charge on any atom is -0.322 e. The van der Waals surface area contributed by atoms with Crippen LogP contribution in [-0.4, -0.2) is 63.3 Å². The molecular formula is C25H30ClN9O. The standard InChI is InChI=1S/C25H30ClN9O/c1-16-14-22(34-33-16)31-24-20(26)15-28-25(32-24)30-21-6-5-18(19-4-3-9-27-23(19)21)17-7-11-35(12-8-17)13-10-29-36-2/h3-6,9,14-15,17,29H,7-8,10-13H2,1-2H3,(H3,28,30,31,32,33,34). The number of fused-ring (bicyclic) bond motifs is 1. The van der Waals surface area contributed by atoms with Gasteiger partial charge in [0.25, 0.3) is 0 Å². The van der Waals surface area contributed by atoms with Crippen LogP contribution in [-0.2, 0) is 4.84 Å². The maximum absolute atomic E-state index is 6.32. The molecule has 36 heavy (non-hydrogen) atoms. The van der Waals surface area contributed by atoms with Gasteiger partial charge in [-0.2, -0.15) is 10.1 Å². The maximum atomic E-state index is 6.32. The van der Waals surface area contributed by atoms with Gasteiger partial charge in [0.2, 0.25) is 5.95 Å². The molecule has 4 aromatic rings. The number of aromatic amines is 1. The molecule has 10 nitrogen and oxygen atoms in total. The number of aryl methyl sites for hydroxylation is 1. The number of nitrogens with zero attached hydrogens (tertiary/aromatic N) is 5. The lowest BCUT2D eigenvalue weighted by Gasteiger charge is -2.32. The largest absolute Gasteiger partial charge is 0.322 e. The van der Waals surface area contributed by atoms with E-state index in [1.54, 1.807) is 13.3 Å². The summed E-state index contributed by atoms with van der Waals surface area (Å²) < 4.78 is 0. The maximum Gasteiger partial charge on any atom is 0.229 e. The minimum atomic E-state index is 0.406. The van der Waals surface area contributed by atoms with Crippen molar-refractivity contribution in [2.24, 2.45) is 0 Å². The Morgan fingerprint density at radius 3 is 2.81 bits per heavy atom. The Balaban J connectivity index is 1.34. The SMILES string of the molecule is CONCCN1CCC(c2ccc(Nc3ncc(Cl)c(Nc4cc(C)[nH]n4)n3)c3ncccc23)CC1. The summed E-state index contributed by atoms with van der Waals surface area (Å²) in [4.78, 5) is 21.1. The molecule has 1 fully saturated rings. The molecule has 0 aliphatic carbocycles. The Hall–Kier alpha value is -3.31. The van der Waals surface area contributed by atoms with Gasteiger partial charge in [0.05, 0.1) is 24.5 Å². The summed E-state index contributed by atoms with van der Waals surface area (Å²) in [7, 11) is 1.65. The lowest BCUT2D eigenvalue weighted by atomic mass is 9.87. The number of halogens is 1. The Labute approximate surface area is 214 Å². The number of hydroxylamine groups is 1. The van der Waals surface area contributed by atoms with Gasteiger partial charge in [0.15, 0.2) is 11.6 Å². The van der Waals surface area contributed by atoms with Crippen molar-refractivity contribution in [2.75, 3.05) is 43.9 Å². The zero-order chi connectivity index (χ0) is 24.9. The summed E-state index contributed by atoms with van der Waals surface area (Å²) in [6.45, 7) is 5.89. The highest BCUT2D eigenvalue weighted by Gasteiger charge is 2.23. The fourth-order valence-electron chi connectivity index (χ4n) is 4.66. The second-order valence-corrected chi connectivity index (χ2v) is 9.30. The zero-order valence-electron chi connectivity index (χ0n) is 20.4. The summed E-state index contributed by atoms with van der Waals surface area (Å²) in [6.07, 6.45) is 5.62. The number of piperidine rings is 1. The fourth-order valence-corrected chi connectivity index (χ4v) is 4.80. The van der Waals surface area contributed by atoms with Gasteiger partial charge in [-0.05, 0) is 56.5 Å². The highest BCUT2D eigenvalue weighted by Crippen LogP contribution is 2.36. The van der Waals surface area contributed by atoms with Crippen molar-refractivity contribution in [3.63, 3.8) is 0 Å². The van der Waals surface area contributed by atoms with Gasteiger partial charge < -0.3 is 20.4 Å². The third-order valence-corrected chi connectivity index (χ3v) is 6.72. The Morgan fingerprint density at radius 2 is 2.03 bits per heavy atom. The molecule has 0 unspecified atom stereocenters. The lowest BCUT2D eigenvalue weighted by Crippen LogP contribution is -2.37. The van der Waals surface area contributed by atoms with Crippen LogP contribution in [0.2, 0.25) is 5.02 Å². The molecule has 1 aliphatic rings. The van der Waals surface area contributed by atoms with Crippen LogP contribution in [0.25, 0.3) is 10.9 Å². The smallest absolute Gasteiger partial charge is 0.229 e. The minimum absolute atomic E-state index is 0.406. The average molecular weight is 508 g/mol. The predicted molar refractivity (Wildman–Crippen MR) is 142 cm³/mol. The number of anilines is 4. The van der Waals surface area contributed by atoms with Crippen molar-refractivity contribution in [1.82, 2.24) is 35.5 Å². The summed E-state index contributed by atoms with van der Waals surface area (Å²) >= 11 is 6.32. The van der Waals surface area contributed by atoms with E-state index in [1.165, 1.54) is 5.56 Å². The normalized spacial score (nSPS) is 14.9. The summed E-state index contributed by atoms with van der Waals surface area (Å²) in [6, 6.07) is 10.3. The summed E-state index contributed by atoms with van der Waals surface area (Å²) in [5.41, 5.74) is 6.95. The number of likely N-dealkylation sites (tertiary alicyclic amines) is 1. The molecule has 0 spiro atoms. The number of pyridine rings is 1. The molecule has 0 radical (unpaired) electrons. The van der Waals surface area contributed by atoms with Gasteiger partial charge in [-0.1, -0.05) is 23.7 Å². The molecule has 1 saturated heterocycles. The molecule has 0 amide bonds. The molecule has 4 heterocycles. The fraction of sp³-hybridized carbons (Fsp3) is 0.360. The van der Waals surface area contributed by atoms with Crippen LogP contribution < -0.4 is 16.1 Å². The van der Waals surface area contributed by atoms with Crippen molar-refractivity contribution < 1.29 is 4.84 Å². The molecule has 188 valence electrons. The van der Waals surface area contributed by atoms with Crippen LogP contribution in [0, 0.1) is 6.92 Å². The van der Waals surface area contributed by atoms with Crippen molar-refractivity contribution >= 4 is 45.8 Å². The van der Waals surface area contributed by atoms with E-state index in [9.17, 15) is 0 Å². The predicted octanol–water partition coefficient (Wildman–Crippen LogP) is 4.53. The first-order valence-corrected chi connectivity index (χ1v) is 12.4. The van der Waals surface area contributed by atoms with Crippen molar-refractivity contribution in [1.29, 1.82) is 0 Å². The van der Waals surface area contributed by atoms with Crippen LogP contribution in [0.5, 0.6) is 0 Å². The highest BCUT2D eigenvalue weighted by molar-refractivity contribution is 6.32. The van der Waals surface area contributed by atoms with Crippen LogP contribution in [0.4, 0.5) is 23.3 Å². The van der Waals surface area contributed by atoms with Gasteiger partial charge in [-0.15, -0.1) is 0 Å². The van der Waals surface area contributed by atoms with E-state index in [2.05, 4.69) is 59.4 Å². The van der Waals surface area contributed by atoms with Gasteiger partial charge in [0.1, 0.15) is 5.02 Å². The number of hydrogen-bond donors (Lipinski definition) is 4. The quantitative estimate of drug-likeness (QED) is 0.191. The van der Waals surface area contributed by atoms with Crippen molar-refractivity contribution in [3.05, 3.63) is 59.0 Å². The van der Waals surface area contributed by atoms with Crippen molar-refractivity contribution in [3.8, 4) is 0 Å². The Morgan fingerprint density at radius 1 is 1.17 bits per heavy atom. The molecule has 1 aromatic carbocycles. The highest BCUT2D eigenvalue weighted by atomic mass is 35.5. The van der Waals surface area contributed by atoms with Gasteiger partial charge in [-0.3, -0.25) is 10.1 Å². The van der Waals surface area contributed by atoms with E-state index in [0.29, 0.717) is 28.5 Å². The molecule has 4 N–H and O–H groups in total. The molecule has 11 heteroatoms. The first kappa shape index (κ1) is 24.4. The topological polar surface area (TPSA) is 116 Å². The van der Waals surface area contributed by atoms with E-state index in [1.807, 2.05) is 25.3 Å². The first-order chi connectivity index (χ1) is 17.6. The van der Waals surface area contributed by atoms with Gasteiger partial charge in [-0.25, -0.2) is 10.5 Å². The number of rotatable bonds is 9. The molecule has 0 bridgehead atoms. The van der Waals surface area contributed by atoms with Crippen LogP contribution in [0.15, 0.2) is 42.7 Å².